The van der Waals surface area contributed by atoms with Crippen LogP contribution in [0.2, 0.25) is 0 Å². The fourth-order valence-corrected chi connectivity index (χ4v) is 1.57. The highest BCUT2D eigenvalue weighted by Crippen LogP contribution is 2.27. The number of nitrogens with zero attached hydrogens (tertiary/aromatic N) is 1. The molecule has 0 N–H and O–H groups in total. The molecule has 0 unspecified atom stereocenters. The molecule has 0 amide bonds. The first-order chi connectivity index (χ1) is 6.66. The van der Waals surface area contributed by atoms with E-state index in [-0.39, 0.29) is 5.75 Å². The van der Waals surface area contributed by atoms with Crippen LogP contribution in [0.15, 0.2) is 22.6 Å². The monoisotopic (exact) mass is 311 g/mol. The normalized spacial score (nSPS) is 11.1. The molecular formula is C8H4F2INO2. The summed E-state index contributed by atoms with van der Waals surface area (Å²) in [4.78, 5) is 3.93. The van der Waals surface area contributed by atoms with E-state index in [1.165, 1.54) is 6.07 Å². The topological polar surface area (TPSA) is 35.3 Å². The van der Waals surface area contributed by atoms with Crippen LogP contribution in [0.1, 0.15) is 0 Å². The van der Waals surface area contributed by atoms with Gasteiger partial charge in [-0.05, 0) is 12.1 Å². The van der Waals surface area contributed by atoms with Crippen molar-refractivity contribution in [2.75, 3.05) is 0 Å². The van der Waals surface area contributed by atoms with Crippen LogP contribution in [0.3, 0.4) is 0 Å². The number of oxazole rings is 1. The lowest BCUT2D eigenvalue weighted by atomic mass is 10.3. The first-order valence-corrected chi connectivity index (χ1v) is 4.74. The van der Waals surface area contributed by atoms with Crippen molar-refractivity contribution in [1.82, 2.24) is 4.98 Å². The minimum Gasteiger partial charge on any atom is -0.432 e. The maximum atomic E-state index is 12.0. The van der Waals surface area contributed by atoms with E-state index >= 15 is 0 Å². The van der Waals surface area contributed by atoms with Crippen molar-refractivity contribution in [1.29, 1.82) is 0 Å². The third kappa shape index (κ3) is 1.79. The van der Waals surface area contributed by atoms with Gasteiger partial charge in [-0.15, -0.1) is 0 Å². The number of rotatable bonds is 2. The molecule has 0 saturated carbocycles. The molecule has 1 aromatic heterocycles. The molecule has 0 atom stereocenters. The van der Waals surface area contributed by atoms with E-state index in [1.54, 1.807) is 12.1 Å². The van der Waals surface area contributed by atoms with Gasteiger partial charge in [0.1, 0.15) is 0 Å². The molecule has 0 spiro atoms. The Morgan fingerprint density at radius 1 is 1.43 bits per heavy atom. The van der Waals surface area contributed by atoms with Gasteiger partial charge in [0, 0.05) is 22.6 Å². The minimum absolute atomic E-state index is 0.0316. The predicted molar refractivity (Wildman–Crippen MR) is 53.4 cm³/mol. The number of aromatic nitrogens is 1. The molecule has 3 nitrogen and oxygen atoms in total. The molecule has 0 aliphatic carbocycles. The number of halogens is 3. The van der Waals surface area contributed by atoms with Crippen LogP contribution in [-0.4, -0.2) is 11.6 Å². The number of fused-ring (bicyclic) bond motifs is 1. The number of benzene rings is 1. The fourth-order valence-electron chi connectivity index (χ4n) is 1.09. The molecule has 14 heavy (non-hydrogen) atoms. The van der Waals surface area contributed by atoms with E-state index in [4.69, 9.17) is 4.42 Å². The maximum Gasteiger partial charge on any atom is 0.387 e. The molecule has 1 heterocycles. The molecule has 74 valence electrons. The summed E-state index contributed by atoms with van der Waals surface area (Å²) in [6.07, 6.45) is 0. The van der Waals surface area contributed by atoms with E-state index in [0.29, 0.717) is 15.0 Å². The molecule has 2 aromatic rings. The summed E-state index contributed by atoms with van der Waals surface area (Å²) in [5.74, 6) is 0.0316. The zero-order chi connectivity index (χ0) is 10.1. The Morgan fingerprint density at radius 2 is 2.21 bits per heavy atom. The van der Waals surface area contributed by atoms with Gasteiger partial charge >= 0.3 is 6.61 Å². The van der Waals surface area contributed by atoms with E-state index in [1.807, 2.05) is 22.6 Å². The highest BCUT2D eigenvalue weighted by molar-refractivity contribution is 14.1. The lowest BCUT2D eigenvalue weighted by molar-refractivity contribution is -0.0489. The van der Waals surface area contributed by atoms with Crippen LogP contribution < -0.4 is 4.74 Å². The SMILES string of the molecule is FC(F)Oc1cccc2oc(I)nc12. The first kappa shape index (κ1) is 9.63. The lowest BCUT2D eigenvalue weighted by Crippen LogP contribution is -2.02. The van der Waals surface area contributed by atoms with E-state index in [0.717, 1.165) is 0 Å². The van der Waals surface area contributed by atoms with Crippen molar-refractivity contribution in [3.05, 3.63) is 22.1 Å². The Morgan fingerprint density at radius 3 is 2.93 bits per heavy atom. The van der Waals surface area contributed by atoms with Gasteiger partial charge in [0.15, 0.2) is 16.8 Å². The first-order valence-electron chi connectivity index (χ1n) is 3.66. The molecule has 2 rings (SSSR count). The quantitative estimate of drug-likeness (QED) is 0.800. The van der Waals surface area contributed by atoms with Gasteiger partial charge in [-0.3, -0.25) is 0 Å². The minimum atomic E-state index is -2.85. The summed E-state index contributed by atoms with van der Waals surface area (Å²) in [5.41, 5.74) is 0.754. The summed E-state index contributed by atoms with van der Waals surface area (Å²) in [7, 11) is 0. The molecular weight excluding hydrogens is 307 g/mol. The van der Waals surface area contributed by atoms with Crippen molar-refractivity contribution >= 4 is 33.7 Å². The van der Waals surface area contributed by atoms with Crippen molar-refractivity contribution in [3.8, 4) is 5.75 Å². The number of para-hydroxylation sites is 1. The Balaban J connectivity index is 2.53. The average molecular weight is 311 g/mol. The van der Waals surface area contributed by atoms with Gasteiger partial charge in [0.2, 0.25) is 0 Å². The summed E-state index contributed by atoms with van der Waals surface area (Å²) in [6.45, 7) is -2.85. The fraction of sp³-hybridized carbons (Fsp3) is 0.125. The van der Waals surface area contributed by atoms with Crippen molar-refractivity contribution in [2.45, 2.75) is 6.61 Å². The Hall–Kier alpha value is -0.920. The van der Waals surface area contributed by atoms with Gasteiger partial charge in [-0.2, -0.15) is 8.78 Å². The molecule has 0 bridgehead atoms. The maximum absolute atomic E-state index is 12.0. The van der Waals surface area contributed by atoms with Gasteiger partial charge < -0.3 is 9.15 Å². The van der Waals surface area contributed by atoms with Crippen LogP contribution in [0.4, 0.5) is 8.78 Å². The molecule has 0 aliphatic heterocycles. The molecule has 0 fully saturated rings. The predicted octanol–water partition coefficient (Wildman–Crippen LogP) is 3.03. The van der Waals surface area contributed by atoms with Crippen LogP contribution in [0.25, 0.3) is 11.1 Å². The third-order valence-electron chi connectivity index (χ3n) is 1.57. The van der Waals surface area contributed by atoms with Crippen LogP contribution in [0, 0.1) is 3.90 Å². The van der Waals surface area contributed by atoms with Crippen molar-refractivity contribution in [2.24, 2.45) is 0 Å². The third-order valence-corrected chi connectivity index (χ3v) is 2.03. The van der Waals surface area contributed by atoms with Gasteiger partial charge in [0.25, 0.3) is 3.90 Å². The summed E-state index contributed by atoms with van der Waals surface area (Å²) in [6, 6.07) is 4.64. The number of hydrogen-bond acceptors (Lipinski definition) is 3. The smallest absolute Gasteiger partial charge is 0.387 e. The van der Waals surface area contributed by atoms with E-state index in [2.05, 4.69) is 9.72 Å². The Labute approximate surface area is 91.2 Å². The average Bonchev–Trinajstić information content (AvgIpc) is 2.45. The number of hydrogen-bond donors (Lipinski definition) is 0. The second-order valence-electron chi connectivity index (χ2n) is 2.45. The van der Waals surface area contributed by atoms with Gasteiger partial charge in [-0.25, -0.2) is 4.98 Å². The number of alkyl halides is 2. The van der Waals surface area contributed by atoms with E-state index in [9.17, 15) is 8.78 Å². The zero-order valence-corrected chi connectivity index (χ0v) is 8.86. The molecule has 0 saturated heterocycles. The Kier molecular flexibility index (Phi) is 2.53. The van der Waals surface area contributed by atoms with Crippen LogP contribution in [-0.2, 0) is 0 Å². The number of ether oxygens (including phenoxy) is 1. The zero-order valence-electron chi connectivity index (χ0n) is 6.71. The van der Waals surface area contributed by atoms with Gasteiger partial charge in [-0.1, -0.05) is 6.07 Å². The highest BCUT2D eigenvalue weighted by Gasteiger charge is 2.12. The second kappa shape index (κ2) is 3.68. The summed E-state index contributed by atoms with van der Waals surface area (Å²) < 4.78 is 33.8. The Bertz CT molecular complexity index is 458. The lowest BCUT2D eigenvalue weighted by Gasteiger charge is -2.02. The van der Waals surface area contributed by atoms with Gasteiger partial charge in [0.05, 0.1) is 0 Å². The van der Waals surface area contributed by atoms with Crippen LogP contribution >= 0.6 is 22.6 Å². The molecule has 1 aromatic carbocycles. The largest absolute Gasteiger partial charge is 0.432 e. The standard InChI is InChI=1S/C8H4F2INO2/c9-7(10)13-4-2-1-3-5-6(4)12-8(11)14-5/h1-3,7H. The van der Waals surface area contributed by atoms with Crippen LogP contribution in [0.5, 0.6) is 5.75 Å². The second-order valence-corrected chi connectivity index (χ2v) is 3.37. The van der Waals surface area contributed by atoms with Crippen molar-refractivity contribution in [3.63, 3.8) is 0 Å². The molecule has 0 aliphatic rings. The highest BCUT2D eigenvalue weighted by atomic mass is 127. The molecule has 6 heteroatoms. The van der Waals surface area contributed by atoms with E-state index < -0.39 is 6.61 Å². The summed E-state index contributed by atoms with van der Waals surface area (Å²) in [5, 5.41) is 0. The molecule has 0 radical (unpaired) electrons. The summed E-state index contributed by atoms with van der Waals surface area (Å²) >= 11 is 1.86. The van der Waals surface area contributed by atoms with Crippen molar-refractivity contribution < 1.29 is 17.9 Å².